The highest BCUT2D eigenvalue weighted by atomic mass is 35.5. The first-order valence-corrected chi connectivity index (χ1v) is 10.1. The smallest absolute Gasteiger partial charge is 0.315 e. The van der Waals surface area contributed by atoms with Crippen molar-refractivity contribution in [2.45, 2.75) is 38.0 Å². The van der Waals surface area contributed by atoms with Gasteiger partial charge < -0.3 is 10.2 Å². The topological polar surface area (TPSA) is 52.7 Å². The monoisotopic (exact) mass is 417 g/mol. The minimum atomic E-state index is -0.369. The summed E-state index contributed by atoms with van der Waals surface area (Å²) >= 11 is 11.9. The number of rotatable bonds is 4. The summed E-state index contributed by atoms with van der Waals surface area (Å²) in [5.74, 6) is -0.156. The van der Waals surface area contributed by atoms with Crippen molar-refractivity contribution >= 4 is 35.1 Å². The van der Waals surface area contributed by atoms with E-state index < -0.39 is 0 Å². The quantitative estimate of drug-likeness (QED) is 0.814. The van der Waals surface area contributed by atoms with Gasteiger partial charge in [0, 0.05) is 16.6 Å². The number of carbonyl (C=O) groups is 2. The number of nitrogens with one attached hydrogen (secondary N) is 1. The predicted octanol–water partition coefficient (Wildman–Crippen LogP) is 4.08. The molecule has 146 valence electrons. The number of hydrogen-bond donors (Lipinski definition) is 1. The van der Waals surface area contributed by atoms with Crippen LogP contribution in [0.15, 0.2) is 48.5 Å². The zero-order valence-electron chi connectivity index (χ0n) is 15.3. The van der Waals surface area contributed by atoms with Crippen LogP contribution in [0.5, 0.6) is 0 Å². The van der Waals surface area contributed by atoms with E-state index in [0.717, 1.165) is 30.5 Å². The molecule has 7 heteroatoms. The lowest BCUT2D eigenvalue weighted by Gasteiger charge is -2.47. The second-order valence-corrected chi connectivity index (χ2v) is 8.10. The van der Waals surface area contributed by atoms with E-state index in [0.29, 0.717) is 16.6 Å². The Kier molecular flexibility index (Phi) is 5.58. The Morgan fingerprint density at radius 2 is 1.46 bits per heavy atom. The largest absolute Gasteiger partial charge is 0.327 e. The van der Waals surface area contributed by atoms with Gasteiger partial charge in [-0.1, -0.05) is 47.5 Å². The molecule has 2 aromatic carbocycles. The Balaban J connectivity index is 1.61. The molecule has 2 aliphatic rings. The lowest BCUT2D eigenvalue weighted by Crippen LogP contribution is -2.68. The van der Waals surface area contributed by atoms with Crippen molar-refractivity contribution in [3.63, 3.8) is 0 Å². The SMILES string of the molecule is O=C1C2NCCCC2N(Cc2ccc(Cl)cc2)C(=O)N1Cc1ccc(Cl)cc1. The normalized spacial score (nSPS) is 22.4. The third-order valence-corrected chi connectivity index (χ3v) is 5.86. The molecule has 2 heterocycles. The fourth-order valence-corrected chi connectivity index (χ4v) is 4.16. The number of piperidine rings is 1. The lowest BCUT2D eigenvalue weighted by atomic mass is 9.93. The zero-order chi connectivity index (χ0) is 19.7. The minimum Gasteiger partial charge on any atom is -0.315 e. The maximum atomic E-state index is 13.3. The molecule has 0 bridgehead atoms. The van der Waals surface area contributed by atoms with Crippen LogP contribution in [0.3, 0.4) is 0 Å². The van der Waals surface area contributed by atoms with Gasteiger partial charge in [0.1, 0.15) is 6.04 Å². The molecular weight excluding hydrogens is 397 g/mol. The number of nitrogens with zero attached hydrogens (tertiary/aromatic N) is 2. The van der Waals surface area contributed by atoms with Gasteiger partial charge in [0.25, 0.3) is 0 Å². The zero-order valence-corrected chi connectivity index (χ0v) is 16.8. The molecule has 2 atom stereocenters. The average Bonchev–Trinajstić information content (AvgIpc) is 2.71. The van der Waals surface area contributed by atoms with Crippen LogP contribution in [0.2, 0.25) is 10.0 Å². The number of benzene rings is 2. The number of urea groups is 1. The summed E-state index contributed by atoms with van der Waals surface area (Å²) in [6.45, 7) is 1.46. The van der Waals surface area contributed by atoms with Crippen molar-refractivity contribution in [3.05, 3.63) is 69.7 Å². The summed E-state index contributed by atoms with van der Waals surface area (Å²) in [4.78, 5) is 29.5. The fourth-order valence-electron chi connectivity index (χ4n) is 3.91. The summed E-state index contributed by atoms with van der Waals surface area (Å²) in [7, 11) is 0. The molecule has 2 aromatic rings. The number of halogens is 2. The van der Waals surface area contributed by atoms with E-state index in [9.17, 15) is 9.59 Å². The molecule has 4 rings (SSSR count). The first-order valence-electron chi connectivity index (χ1n) is 9.37. The maximum absolute atomic E-state index is 13.3. The van der Waals surface area contributed by atoms with Crippen molar-refractivity contribution in [1.82, 2.24) is 15.1 Å². The van der Waals surface area contributed by atoms with E-state index >= 15 is 0 Å². The van der Waals surface area contributed by atoms with Crippen molar-refractivity contribution in [2.24, 2.45) is 0 Å². The number of carbonyl (C=O) groups excluding carboxylic acids is 2. The first kappa shape index (κ1) is 19.2. The van der Waals surface area contributed by atoms with Gasteiger partial charge in [0.15, 0.2) is 0 Å². The van der Waals surface area contributed by atoms with Gasteiger partial charge in [-0.3, -0.25) is 9.69 Å². The van der Waals surface area contributed by atoms with E-state index in [1.54, 1.807) is 12.1 Å². The molecule has 3 amide bonds. The highest BCUT2D eigenvalue weighted by Crippen LogP contribution is 2.28. The van der Waals surface area contributed by atoms with Crippen LogP contribution in [0.1, 0.15) is 24.0 Å². The van der Waals surface area contributed by atoms with E-state index in [2.05, 4.69) is 5.32 Å². The predicted molar refractivity (Wildman–Crippen MR) is 109 cm³/mol. The summed E-state index contributed by atoms with van der Waals surface area (Å²) in [6, 6.07) is 13.9. The summed E-state index contributed by atoms with van der Waals surface area (Å²) in [6.07, 6.45) is 1.76. The maximum Gasteiger partial charge on any atom is 0.327 e. The second kappa shape index (κ2) is 8.11. The molecule has 0 aliphatic carbocycles. The number of hydrogen-bond acceptors (Lipinski definition) is 3. The van der Waals surface area contributed by atoms with Crippen molar-refractivity contribution in [1.29, 1.82) is 0 Å². The van der Waals surface area contributed by atoms with Crippen LogP contribution in [0, 0.1) is 0 Å². The van der Waals surface area contributed by atoms with Gasteiger partial charge in [0.05, 0.1) is 12.6 Å². The van der Waals surface area contributed by atoms with Gasteiger partial charge >= 0.3 is 6.03 Å². The Hall–Kier alpha value is -2.08. The highest BCUT2D eigenvalue weighted by Gasteiger charge is 2.46. The third kappa shape index (κ3) is 3.88. The molecule has 2 unspecified atom stereocenters. The molecule has 0 spiro atoms. The highest BCUT2D eigenvalue weighted by molar-refractivity contribution is 6.30. The van der Waals surface area contributed by atoms with Gasteiger partial charge in [-0.25, -0.2) is 4.79 Å². The number of fused-ring (bicyclic) bond motifs is 1. The minimum absolute atomic E-state index is 0.133. The van der Waals surface area contributed by atoms with Crippen LogP contribution in [-0.2, 0) is 17.9 Å². The van der Waals surface area contributed by atoms with Crippen molar-refractivity contribution < 1.29 is 9.59 Å². The van der Waals surface area contributed by atoms with E-state index in [1.165, 1.54) is 4.90 Å². The van der Waals surface area contributed by atoms with Crippen LogP contribution in [-0.4, -0.2) is 40.4 Å². The Morgan fingerprint density at radius 3 is 2.07 bits per heavy atom. The summed E-state index contributed by atoms with van der Waals surface area (Å²) in [5.41, 5.74) is 1.86. The molecule has 1 N–H and O–H groups in total. The Bertz CT molecular complexity index is 870. The molecule has 5 nitrogen and oxygen atoms in total. The van der Waals surface area contributed by atoms with Crippen molar-refractivity contribution in [2.75, 3.05) is 6.54 Å². The lowest BCUT2D eigenvalue weighted by molar-refractivity contribution is -0.137. The van der Waals surface area contributed by atoms with Gasteiger partial charge in [-0.2, -0.15) is 0 Å². The van der Waals surface area contributed by atoms with Gasteiger partial charge in [0.2, 0.25) is 5.91 Å². The molecule has 0 saturated carbocycles. The molecule has 2 saturated heterocycles. The molecule has 0 radical (unpaired) electrons. The Morgan fingerprint density at radius 1 is 0.893 bits per heavy atom. The Labute approximate surface area is 174 Å². The van der Waals surface area contributed by atoms with Gasteiger partial charge in [-0.15, -0.1) is 0 Å². The fraction of sp³-hybridized carbons (Fsp3) is 0.333. The average molecular weight is 418 g/mol. The van der Waals surface area contributed by atoms with E-state index in [1.807, 2.05) is 41.3 Å². The van der Waals surface area contributed by atoms with E-state index in [-0.39, 0.29) is 30.6 Å². The van der Waals surface area contributed by atoms with E-state index in [4.69, 9.17) is 23.2 Å². The third-order valence-electron chi connectivity index (χ3n) is 5.35. The molecule has 2 fully saturated rings. The second-order valence-electron chi connectivity index (χ2n) is 7.23. The molecular formula is C21H21Cl2N3O2. The van der Waals surface area contributed by atoms with Crippen LogP contribution >= 0.6 is 23.2 Å². The molecule has 0 aromatic heterocycles. The van der Waals surface area contributed by atoms with Crippen LogP contribution in [0.25, 0.3) is 0 Å². The van der Waals surface area contributed by atoms with Crippen LogP contribution < -0.4 is 5.32 Å². The number of amides is 3. The standard InChI is InChI=1S/C21H21Cl2N3O2/c22-16-7-3-14(4-8-16)12-25-18-2-1-11-24-19(18)20(27)26(21(25)28)13-15-5-9-17(23)10-6-15/h3-10,18-19,24H,1-2,11-13H2. The molecule has 2 aliphatic heterocycles. The summed E-state index contributed by atoms with van der Waals surface area (Å²) in [5, 5.41) is 4.60. The summed E-state index contributed by atoms with van der Waals surface area (Å²) < 4.78 is 0. The molecule has 28 heavy (non-hydrogen) atoms. The van der Waals surface area contributed by atoms with Crippen LogP contribution in [0.4, 0.5) is 4.79 Å². The number of imide groups is 1. The van der Waals surface area contributed by atoms with Crippen molar-refractivity contribution in [3.8, 4) is 0 Å². The first-order chi connectivity index (χ1) is 13.5. The van der Waals surface area contributed by atoms with Gasteiger partial charge in [-0.05, 0) is 54.8 Å².